The number of piperazine rings is 1. The summed E-state index contributed by atoms with van der Waals surface area (Å²) in [5, 5.41) is 1.85. The van der Waals surface area contributed by atoms with Gasteiger partial charge in [0.15, 0.2) is 0 Å². The third-order valence-electron chi connectivity index (χ3n) is 5.12. The number of anilines is 1. The van der Waals surface area contributed by atoms with E-state index in [9.17, 15) is 18.0 Å². The molecule has 4 rings (SSSR count). The third-order valence-corrected chi connectivity index (χ3v) is 7.89. The van der Waals surface area contributed by atoms with Crippen molar-refractivity contribution in [3.63, 3.8) is 0 Å². The number of carbonyl (C=O) groups excluding carboxylic acids is 2. The Balaban J connectivity index is 1.43. The number of sulfonamides is 1. The molecular weight excluding hydrogens is 398 g/mol. The lowest BCUT2D eigenvalue weighted by Gasteiger charge is -2.33. The summed E-state index contributed by atoms with van der Waals surface area (Å²) >= 11 is 1.39. The second-order valence-electron chi connectivity index (χ2n) is 6.82. The number of amides is 2. The largest absolute Gasteiger partial charge is 0.335 e. The number of rotatable bonds is 4. The van der Waals surface area contributed by atoms with E-state index in [4.69, 9.17) is 0 Å². The molecule has 9 heteroatoms. The van der Waals surface area contributed by atoms with Gasteiger partial charge in [-0.3, -0.25) is 9.59 Å². The second-order valence-corrected chi connectivity index (χ2v) is 9.70. The molecule has 2 aliphatic heterocycles. The van der Waals surface area contributed by atoms with Gasteiger partial charge in [0.1, 0.15) is 0 Å². The predicted octanol–water partition coefficient (Wildman–Crippen LogP) is 2.02. The Morgan fingerprint density at radius 1 is 0.964 bits per heavy atom. The number of benzene rings is 1. The van der Waals surface area contributed by atoms with Crippen LogP contribution in [0.3, 0.4) is 0 Å². The van der Waals surface area contributed by atoms with Gasteiger partial charge in [-0.1, -0.05) is 6.07 Å². The first-order chi connectivity index (χ1) is 13.5. The van der Waals surface area contributed by atoms with E-state index in [2.05, 4.69) is 0 Å². The first kappa shape index (κ1) is 19.1. The molecule has 28 heavy (non-hydrogen) atoms. The van der Waals surface area contributed by atoms with E-state index in [1.54, 1.807) is 40.1 Å². The van der Waals surface area contributed by atoms with Crippen LogP contribution in [0.25, 0.3) is 0 Å². The molecule has 2 aromatic rings. The topological polar surface area (TPSA) is 78.0 Å². The lowest BCUT2D eigenvalue weighted by Crippen LogP contribution is -2.50. The van der Waals surface area contributed by atoms with Crippen LogP contribution >= 0.6 is 11.3 Å². The van der Waals surface area contributed by atoms with Crippen molar-refractivity contribution in [3.05, 3.63) is 46.7 Å². The molecule has 1 aromatic heterocycles. The molecule has 0 radical (unpaired) electrons. The zero-order valence-electron chi connectivity index (χ0n) is 15.3. The highest BCUT2D eigenvalue weighted by atomic mass is 32.2. The highest BCUT2D eigenvalue weighted by Gasteiger charge is 2.31. The molecule has 7 nitrogen and oxygen atoms in total. The molecular formula is C19H21N3O4S2. The molecule has 0 bridgehead atoms. The molecule has 0 saturated carbocycles. The van der Waals surface area contributed by atoms with Crippen LogP contribution in [0.15, 0.2) is 46.7 Å². The molecule has 2 aliphatic rings. The van der Waals surface area contributed by atoms with Gasteiger partial charge in [-0.2, -0.15) is 4.31 Å². The van der Waals surface area contributed by atoms with E-state index in [-0.39, 0.29) is 29.8 Å². The fourth-order valence-corrected chi connectivity index (χ4v) is 5.67. The Kier molecular flexibility index (Phi) is 5.22. The quantitative estimate of drug-likeness (QED) is 0.760. The number of thiophene rings is 1. The Bertz CT molecular complexity index is 963. The van der Waals surface area contributed by atoms with Crippen LogP contribution in [0.1, 0.15) is 22.5 Å². The maximum atomic E-state index is 12.9. The Morgan fingerprint density at radius 3 is 2.25 bits per heavy atom. The molecule has 0 spiro atoms. The molecule has 2 amide bonds. The third kappa shape index (κ3) is 3.57. The van der Waals surface area contributed by atoms with Crippen molar-refractivity contribution in [2.45, 2.75) is 17.7 Å². The Hall–Kier alpha value is -2.23. The summed E-state index contributed by atoms with van der Waals surface area (Å²) in [4.78, 5) is 28.5. The molecule has 148 valence electrons. The van der Waals surface area contributed by atoms with Crippen LogP contribution in [0.4, 0.5) is 5.69 Å². The van der Waals surface area contributed by atoms with Crippen LogP contribution in [0.2, 0.25) is 0 Å². The van der Waals surface area contributed by atoms with Gasteiger partial charge in [0.2, 0.25) is 15.9 Å². The molecule has 0 N–H and O–H groups in total. The summed E-state index contributed by atoms with van der Waals surface area (Å²) in [6.07, 6.45) is 1.36. The standard InChI is InChI=1S/C19H21N3O4S2/c23-18-4-1-9-22(18)15-5-7-16(8-6-15)28(25,26)21-12-10-20(11-13-21)19(24)17-3-2-14-27-17/h2-3,5-8,14H,1,4,9-13H2. The van der Waals surface area contributed by atoms with Crippen molar-refractivity contribution in [2.75, 3.05) is 37.6 Å². The van der Waals surface area contributed by atoms with Crippen molar-refractivity contribution in [1.29, 1.82) is 0 Å². The number of hydrogen-bond acceptors (Lipinski definition) is 5. The molecule has 1 aromatic carbocycles. The first-order valence-corrected chi connectivity index (χ1v) is 11.5. The number of hydrogen-bond donors (Lipinski definition) is 0. The summed E-state index contributed by atoms with van der Waals surface area (Å²) in [5.74, 6) is 0.0221. The minimum absolute atomic E-state index is 0.0494. The molecule has 3 heterocycles. The van der Waals surface area contributed by atoms with Crippen molar-refractivity contribution < 1.29 is 18.0 Å². The molecule has 0 atom stereocenters. The average molecular weight is 420 g/mol. The van der Waals surface area contributed by atoms with Gasteiger partial charge in [0.25, 0.3) is 5.91 Å². The Morgan fingerprint density at radius 2 is 1.68 bits per heavy atom. The van der Waals surface area contributed by atoms with E-state index in [0.717, 1.165) is 12.1 Å². The fraction of sp³-hybridized carbons (Fsp3) is 0.368. The monoisotopic (exact) mass is 419 g/mol. The predicted molar refractivity (Wildman–Crippen MR) is 107 cm³/mol. The van der Waals surface area contributed by atoms with Gasteiger partial charge in [-0.05, 0) is 42.1 Å². The maximum Gasteiger partial charge on any atom is 0.264 e. The summed E-state index contributed by atoms with van der Waals surface area (Å²) in [6, 6.07) is 10.1. The van der Waals surface area contributed by atoms with E-state index < -0.39 is 10.0 Å². The van der Waals surface area contributed by atoms with Crippen LogP contribution in [-0.4, -0.2) is 62.2 Å². The SMILES string of the molecule is O=C(c1cccs1)N1CCN(S(=O)(=O)c2ccc(N3CCCC3=O)cc2)CC1. The summed E-state index contributed by atoms with van der Waals surface area (Å²) in [6.45, 7) is 1.95. The van der Waals surface area contributed by atoms with Crippen LogP contribution in [-0.2, 0) is 14.8 Å². The average Bonchev–Trinajstić information content (AvgIpc) is 3.39. The van der Waals surface area contributed by atoms with Crippen LogP contribution in [0, 0.1) is 0 Å². The lowest BCUT2D eigenvalue weighted by molar-refractivity contribution is -0.117. The van der Waals surface area contributed by atoms with E-state index in [1.165, 1.54) is 15.6 Å². The van der Waals surface area contributed by atoms with Crippen LogP contribution in [0.5, 0.6) is 0 Å². The first-order valence-electron chi connectivity index (χ1n) is 9.20. The van der Waals surface area contributed by atoms with Gasteiger partial charge in [-0.15, -0.1) is 11.3 Å². The van der Waals surface area contributed by atoms with Gasteiger partial charge in [0, 0.05) is 44.8 Å². The van der Waals surface area contributed by atoms with E-state index in [1.807, 2.05) is 11.4 Å². The molecule has 0 aliphatic carbocycles. The summed E-state index contributed by atoms with van der Waals surface area (Å²) in [5.41, 5.74) is 0.729. The normalized spacial score (nSPS) is 18.6. The summed E-state index contributed by atoms with van der Waals surface area (Å²) in [7, 11) is -3.62. The van der Waals surface area contributed by atoms with Crippen molar-refractivity contribution in [2.24, 2.45) is 0 Å². The van der Waals surface area contributed by atoms with E-state index >= 15 is 0 Å². The van der Waals surface area contributed by atoms with Crippen LogP contribution < -0.4 is 4.90 Å². The van der Waals surface area contributed by atoms with E-state index in [0.29, 0.717) is 30.9 Å². The number of carbonyl (C=O) groups is 2. The van der Waals surface area contributed by atoms with Crippen molar-refractivity contribution >= 4 is 38.9 Å². The minimum Gasteiger partial charge on any atom is -0.335 e. The van der Waals surface area contributed by atoms with Gasteiger partial charge < -0.3 is 9.80 Å². The zero-order valence-corrected chi connectivity index (χ0v) is 16.9. The van der Waals surface area contributed by atoms with Gasteiger partial charge >= 0.3 is 0 Å². The smallest absolute Gasteiger partial charge is 0.264 e. The Labute approximate surface area is 168 Å². The minimum atomic E-state index is -3.62. The molecule has 0 unspecified atom stereocenters. The van der Waals surface area contributed by atoms with Crippen molar-refractivity contribution in [1.82, 2.24) is 9.21 Å². The van der Waals surface area contributed by atoms with Crippen molar-refractivity contribution in [3.8, 4) is 0 Å². The lowest BCUT2D eigenvalue weighted by atomic mass is 10.3. The second kappa shape index (κ2) is 7.65. The molecule has 2 fully saturated rings. The fourth-order valence-electron chi connectivity index (χ4n) is 3.56. The summed E-state index contributed by atoms with van der Waals surface area (Å²) < 4.78 is 27.3. The highest BCUT2D eigenvalue weighted by Crippen LogP contribution is 2.25. The highest BCUT2D eigenvalue weighted by molar-refractivity contribution is 7.89. The zero-order chi connectivity index (χ0) is 19.7. The van der Waals surface area contributed by atoms with Gasteiger partial charge in [0.05, 0.1) is 9.77 Å². The number of nitrogens with zero attached hydrogens (tertiary/aromatic N) is 3. The maximum absolute atomic E-state index is 12.9. The van der Waals surface area contributed by atoms with Gasteiger partial charge in [-0.25, -0.2) is 8.42 Å². The molecule has 2 saturated heterocycles.